The van der Waals surface area contributed by atoms with Crippen molar-refractivity contribution in [2.75, 3.05) is 19.8 Å². The molecule has 0 bridgehead atoms. The Kier molecular flexibility index (Phi) is 6.71. The third-order valence-corrected chi connectivity index (χ3v) is 6.06. The van der Waals surface area contributed by atoms with E-state index in [-0.39, 0.29) is 17.8 Å². The lowest BCUT2D eigenvalue weighted by Gasteiger charge is -2.13. The molecule has 0 fully saturated rings. The molecule has 1 aliphatic heterocycles. The molecular weight excluding hydrogens is 463 g/mol. The van der Waals surface area contributed by atoms with Gasteiger partial charge in [0.15, 0.2) is 23.9 Å². The lowest BCUT2D eigenvalue weighted by Crippen LogP contribution is -2.13. The fourth-order valence-corrected chi connectivity index (χ4v) is 4.19. The van der Waals surface area contributed by atoms with Crippen LogP contribution in [0.1, 0.15) is 35.7 Å². The van der Waals surface area contributed by atoms with Gasteiger partial charge >= 0.3 is 0 Å². The van der Waals surface area contributed by atoms with Gasteiger partial charge in [0.2, 0.25) is 5.43 Å². The Morgan fingerprint density at radius 1 is 1.00 bits per heavy atom. The molecule has 36 heavy (non-hydrogen) atoms. The van der Waals surface area contributed by atoms with Crippen molar-refractivity contribution in [3.05, 3.63) is 88.0 Å². The number of hydrogen-bond donors (Lipinski definition) is 0. The van der Waals surface area contributed by atoms with E-state index < -0.39 is 5.82 Å². The molecule has 3 aromatic carbocycles. The lowest BCUT2D eigenvalue weighted by atomic mass is 10.0. The van der Waals surface area contributed by atoms with Gasteiger partial charge in [0.25, 0.3) is 0 Å². The van der Waals surface area contributed by atoms with Crippen LogP contribution in [0.5, 0.6) is 17.2 Å². The molecule has 6 nitrogen and oxygen atoms in total. The van der Waals surface area contributed by atoms with Gasteiger partial charge in [-0.3, -0.25) is 9.59 Å². The van der Waals surface area contributed by atoms with Gasteiger partial charge in [0.05, 0.1) is 24.2 Å². The zero-order valence-corrected chi connectivity index (χ0v) is 19.8. The van der Waals surface area contributed by atoms with E-state index in [1.165, 1.54) is 30.5 Å². The third-order valence-electron chi connectivity index (χ3n) is 6.06. The smallest absolute Gasteiger partial charge is 0.200 e. The molecule has 5 rings (SSSR count). The number of Topliss-reactive ketones (excluding diaryl/α,β-unsaturated/α-hetero) is 1. The summed E-state index contributed by atoms with van der Waals surface area (Å²) in [7, 11) is 0. The number of benzene rings is 3. The largest absolute Gasteiger partial charge is 0.490 e. The molecule has 1 aromatic heterocycles. The number of fused-ring (bicyclic) bond motifs is 2. The summed E-state index contributed by atoms with van der Waals surface area (Å²) in [5.41, 5.74) is 2.46. The Hall–Kier alpha value is -4.13. The van der Waals surface area contributed by atoms with E-state index in [0.717, 1.165) is 18.4 Å². The van der Waals surface area contributed by atoms with Crippen molar-refractivity contribution in [3.8, 4) is 28.4 Å². The van der Waals surface area contributed by atoms with Crippen LogP contribution < -0.4 is 19.6 Å². The van der Waals surface area contributed by atoms with Crippen LogP contribution in [0, 0.1) is 5.82 Å². The Balaban J connectivity index is 1.46. The van der Waals surface area contributed by atoms with Gasteiger partial charge < -0.3 is 18.6 Å². The van der Waals surface area contributed by atoms with Gasteiger partial charge in [-0.15, -0.1) is 0 Å². The number of halogens is 1. The van der Waals surface area contributed by atoms with Gasteiger partial charge in [-0.2, -0.15) is 0 Å². The van der Waals surface area contributed by atoms with Crippen molar-refractivity contribution in [3.63, 3.8) is 0 Å². The quantitative estimate of drug-likeness (QED) is 0.298. The van der Waals surface area contributed by atoms with E-state index in [0.29, 0.717) is 64.5 Å². The van der Waals surface area contributed by atoms with Crippen LogP contribution in [-0.4, -0.2) is 25.6 Å². The molecule has 0 radical (unpaired) electrons. The van der Waals surface area contributed by atoms with Crippen LogP contribution in [-0.2, 0) is 6.42 Å². The molecule has 184 valence electrons. The van der Waals surface area contributed by atoms with E-state index in [9.17, 15) is 14.0 Å². The SMILES string of the molecule is CCCc1cc2c(=O)c(-c3ccc4c(c3)OCCCO4)coc2cc1OCC(=O)c1ccc(F)cc1. The fourth-order valence-electron chi connectivity index (χ4n) is 4.19. The Bertz CT molecular complexity index is 1470. The number of rotatable bonds is 7. The summed E-state index contributed by atoms with van der Waals surface area (Å²) >= 11 is 0. The van der Waals surface area contributed by atoms with Crippen LogP contribution in [0.15, 0.2) is 70.1 Å². The molecule has 0 aliphatic carbocycles. The minimum atomic E-state index is -0.409. The molecule has 2 heterocycles. The van der Waals surface area contributed by atoms with Gasteiger partial charge in [-0.05, 0) is 60.0 Å². The number of carbonyl (C=O) groups excluding carboxylic acids is 1. The highest BCUT2D eigenvalue weighted by atomic mass is 19.1. The molecule has 0 amide bonds. The van der Waals surface area contributed by atoms with Gasteiger partial charge in [-0.1, -0.05) is 19.4 Å². The maximum absolute atomic E-state index is 13.5. The molecule has 0 atom stereocenters. The zero-order chi connectivity index (χ0) is 25.1. The summed E-state index contributed by atoms with van der Waals surface area (Å²) in [6.45, 7) is 2.95. The van der Waals surface area contributed by atoms with E-state index in [2.05, 4.69) is 0 Å². The second-order valence-electron chi connectivity index (χ2n) is 8.62. The Morgan fingerprint density at radius 3 is 2.56 bits per heavy atom. The molecule has 0 N–H and O–H groups in total. The van der Waals surface area contributed by atoms with Gasteiger partial charge in [0.1, 0.15) is 23.4 Å². The van der Waals surface area contributed by atoms with Crippen LogP contribution >= 0.6 is 0 Å². The maximum atomic E-state index is 13.5. The van der Waals surface area contributed by atoms with Crippen molar-refractivity contribution in [2.24, 2.45) is 0 Å². The van der Waals surface area contributed by atoms with Crippen LogP contribution in [0.4, 0.5) is 4.39 Å². The van der Waals surface area contributed by atoms with E-state index in [1.807, 2.05) is 13.0 Å². The number of carbonyl (C=O) groups is 1. The van der Waals surface area contributed by atoms with Crippen molar-refractivity contribution in [1.82, 2.24) is 0 Å². The average Bonchev–Trinajstić information content (AvgIpc) is 3.13. The summed E-state index contributed by atoms with van der Waals surface area (Å²) in [4.78, 5) is 26.0. The Labute approximate surface area is 207 Å². The number of aryl methyl sites for hydroxylation is 1. The van der Waals surface area contributed by atoms with Gasteiger partial charge in [0, 0.05) is 18.1 Å². The first-order valence-electron chi connectivity index (χ1n) is 11.9. The molecule has 0 spiro atoms. The third kappa shape index (κ3) is 4.82. The number of ether oxygens (including phenoxy) is 3. The monoisotopic (exact) mass is 488 g/mol. The minimum absolute atomic E-state index is 0.169. The normalized spacial score (nSPS) is 12.8. The molecule has 1 aliphatic rings. The van der Waals surface area contributed by atoms with E-state index in [4.69, 9.17) is 18.6 Å². The molecule has 7 heteroatoms. The van der Waals surface area contributed by atoms with Gasteiger partial charge in [-0.25, -0.2) is 4.39 Å². The standard InChI is InChI=1S/C29H25FO6/c1-2-4-20-13-22-27(15-26(20)36-17-24(31)18-5-8-21(30)9-6-18)35-16-23(29(22)32)19-7-10-25-28(14-19)34-12-3-11-33-25/h5-10,13-16H,2-4,11-12,17H2,1H3. The molecule has 4 aromatic rings. The summed E-state index contributed by atoms with van der Waals surface area (Å²) in [5.74, 6) is 1.05. The zero-order valence-electron chi connectivity index (χ0n) is 19.8. The Morgan fingerprint density at radius 2 is 1.78 bits per heavy atom. The topological polar surface area (TPSA) is 75.0 Å². The minimum Gasteiger partial charge on any atom is -0.490 e. The summed E-state index contributed by atoms with van der Waals surface area (Å²) in [6, 6.07) is 14.2. The molecule has 0 unspecified atom stereocenters. The highest BCUT2D eigenvalue weighted by Gasteiger charge is 2.17. The van der Waals surface area contributed by atoms with Crippen molar-refractivity contribution < 1.29 is 27.8 Å². The molecule has 0 saturated carbocycles. The first-order chi connectivity index (χ1) is 17.5. The average molecular weight is 489 g/mol. The predicted molar refractivity (Wildman–Crippen MR) is 134 cm³/mol. The number of ketones is 1. The second-order valence-corrected chi connectivity index (χ2v) is 8.62. The lowest BCUT2D eigenvalue weighted by molar-refractivity contribution is 0.0921. The van der Waals surface area contributed by atoms with Crippen LogP contribution in [0.25, 0.3) is 22.1 Å². The molecule has 0 saturated heterocycles. The number of hydrogen-bond acceptors (Lipinski definition) is 6. The van der Waals surface area contributed by atoms with Crippen LogP contribution in [0.3, 0.4) is 0 Å². The summed E-state index contributed by atoms with van der Waals surface area (Å²) in [6.07, 6.45) is 3.70. The van der Waals surface area contributed by atoms with Crippen molar-refractivity contribution >= 4 is 16.8 Å². The predicted octanol–water partition coefficient (Wildman–Crippen LogP) is 5.97. The van der Waals surface area contributed by atoms with E-state index in [1.54, 1.807) is 24.3 Å². The van der Waals surface area contributed by atoms with E-state index >= 15 is 0 Å². The molecular formula is C29H25FO6. The first-order valence-corrected chi connectivity index (χ1v) is 11.9. The second kappa shape index (κ2) is 10.2. The van der Waals surface area contributed by atoms with Crippen molar-refractivity contribution in [2.45, 2.75) is 26.2 Å². The van der Waals surface area contributed by atoms with Crippen molar-refractivity contribution in [1.29, 1.82) is 0 Å². The fraction of sp³-hybridized carbons (Fsp3) is 0.241. The first kappa shape index (κ1) is 23.6. The van der Waals surface area contributed by atoms with Crippen LogP contribution in [0.2, 0.25) is 0 Å². The highest BCUT2D eigenvalue weighted by Crippen LogP contribution is 2.34. The highest BCUT2D eigenvalue weighted by molar-refractivity contribution is 5.97. The summed E-state index contributed by atoms with van der Waals surface area (Å²) in [5, 5.41) is 0.431. The maximum Gasteiger partial charge on any atom is 0.200 e. The summed E-state index contributed by atoms with van der Waals surface area (Å²) < 4.78 is 36.3.